The van der Waals surface area contributed by atoms with Crippen molar-refractivity contribution in [2.45, 2.75) is 25.4 Å². The number of piperidine rings is 1. The fraction of sp³-hybridized carbons (Fsp3) is 0.583. The largest absolute Gasteiger partial charge is 0.481 e. The molecule has 1 aromatic rings. The van der Waals surface area contributed by atoms with Gasteiger partial charge in [-0.25, -0.2) is 4.98 Å². The number of ether oxygens (including phenoxy) is 1. The maximum absolute atomic E-state index is 9.88. The van der Waals surface area contributed by atoms with Gasteiger partial charge in [-0.1, -0.05) is 0 Å². The van der Waals surface area contributed by atoms with E-state index in [2.05, 4.69) is 9.88 Å². The van der Waals surface area contributed by atoms with Gasteiger partial charge in [0.25, 0.3) is 0 Å². The Bertz CT molecular complexity index is 356. The third-order valence-corrected chi connectivity index (χ3v) is 3.13. The molecule has 0 unspecified atom stereocenters. The Hall–Kier alpha value is -1.29. The second-order valence-corrected chi connectivity index (χ2v) is 4.54. The number of anilines is 1. The average molecular weight is 222 g/mol. The first-order valence-corrected chi connectivity index (χ1v) is 5.58. The maximum Gasteiger partial charge on any atom is 0.214 e. The Balaban J connectivity index is 2.08. The summed E-state index contributed by atoms with van der Waals surface area (Å²) in [4.78, 5) is 6.34. The lowest BCUT2D eigenvalue weighted by molar-refractivity contribution is 0.0351. The number of methoxy groups -OCH3 is 1. The van der Waals surface area contributed by atoms with E-state index in [1.807, 2.05) is 19.1 Å². The van der Waals surface area contributed by atoms with Crippen LogP contribution in [-0.2, 0) is 0 Å². The highest BCUT2D eigenvalue weighted by Gasteiger charge is 2.27. The van der Waals surface area contributed by atoms with Gasteiger partial charge in [-0.3, -0.25) is 0 Å². The van der Waals surface area contributed by atoms with Gasteiger partial charge < -0.3 is 14.7 Å². The summed E-state index contributed by atoms with van der Waals surface area (Å²) in [6.45, 7) is 3.65. The molecule has 4 nitrogen and oxygen atoms in total. The molecule has 1 saturated heterocycles. The summed E-state index contributed by atoms with van der Waals surface area (Å²) in [6, 6.07) is 3.91. The molecule has 0 bridgehead atoms. The molecule has 0 amide bonds. The molecular formula is C12H18N2O2. The molecule has 1 aliphatic rings. The molecule has 1 aromatic heterocycles. The summed E-state index contributed by atoms with van der Waals surface area (Å²) >= 11 is 0. The third kappa shape index (κ3) is 2.44. The molecule has 0 aromatic carbocycles. The maximum atomic E-state index is 9.88. The Labute approximate surface area is 95.9 Å². The van der Waals surface area contributed by atoms with Crippen molar-refractivity contribution in [3.63, 3.8) is 0 Å². The molecule has 2 heterocycles. The van der Waals surface area contributed by atoms with E-state index in [4.69, 9.17) is 4.74 Å². The van der Waals surface area contributed by atoms with Crippen molar-refractivity contribution < 1.29 is 9.84 Å². The number of hydrogen-bond donors (Lipinski definition) is 1. The van der Waals surface area contributed by atoms with Gasteiger partial charge in [0.1, 0.15) is 0 Å². The van der Waals surface area contributed by atoms with Gasteiger partial charge >= 0.3 is 0 Å². The number of pyridine rings is 1. The lowest BCUT2D eigenvalue weighted by Gasteiger charge is -2.37. The molecule has 1 fully saturated rings. The summed E-state index contributed by atoms with van der Waals surface area (Å²) in [5, 5.41) is 9.88. The zero-order chi connectivity index (χ0) is 11.6. The van der Waals surface area contributed by atoms with E-state index >= 15 is 0 Å². The minimum atomic E-state index is -0.506. The van der Waals surface area contributed by atoms with Crippen LogP contribution >= 0.6 is 0 Å². The number of aliphatic hydroxyl groups is 1. The lowest BCUT2D eigenvalue weighted by Crippen LogP contribution is -2.42. The van der Waals surface area contributed by atoms with Gasteiger partial charge in [0.05, 0.1) is 12.7 Å². The first kappa shape index (κ1) is 11.2. The minimum Gasteiger partial charge on any atom is -0.481 e. The zero-order valence-corrected chi connectivity index (χ0v) is 9.81. The highest BCUT2D eigenvalue weighted by molar-refractivity contribution is 5.48. The van der Waals surface area contributed by atoms with Crippen LogP contribution in [0.3, 0.4) is 0 Å². The molecule has 2 rings (SSSR count). The van der Waals surface area contributed by atoms with E-state index in [-0.39, 0.29) is 0 Å². The molecule has 0 aliphatic carbocycles. The summed E-state index contributed by atoms with van der Waals surface area (Å²) < 4.78 is 5.10. The number of rotatable bonds is 2. The fourth-order valence-electron chi connectivity index (χ4n) is 1.95. The Kier molecular flexibility index (Phi) is 3.01. The van der Waals surface area contributed by atoms with Crippen LogP contribution in [0.4, 0.5) is 5.69 Å². The van der Waals surface area contributed by atoms with E-state index < -0.39 is 5.60 Å². The second kappa shape index (κ2) is 4.29. The number of aromatic nitrogens is 1. The predicted molar refractivity (Wildman–Crippen MR) is 62.9 cm³/mol. The van der Waals surface area contributed by atoms with E-state index in [1.165, 1.54) is 0 Å². The Morgan fingerprint density at radius 1 is 1.44 bits per heavy atom. The van der Waals surface area contributed by atoms with E-state index in [9.17, 15) is 5.11 Å². The van der Waals surface area contributed by atoms with Crippen LogP contribution in [0.15, 0.2) is 18.3 Å². The van der Waals surface area contributed by atoms with Crippen LogP contribution in [-0.4, -0.2) is 35.9 Å². The smallest absolute Gasteiger partial charge is 0.214 e. The molecule has 16 heavy (non-hydrogen) atoms. The average Bonchev–Trinajstić information content (AvgIpc) is 2.29. The van der Waals surface area contributed by atoms with E-state index in [1.54, 1.807) is 13.3 Å². The van der Waals surface area contributed by atoms with Gasteiger partial charge in [-0.05, 0) is 25.8 Å². The predicted octanol–water partition coefficient (Wildman–Crippen LogP) is 1.44. The Morgan fingerprint density at radius 3 is 2.75 bits per heavy atom. The first-order chi connectivity index (χ1) is 7.61. The Morgan fingerprint density at radius 2 is 2.12 bits per heavy atom. The molecule has 88 valence electrons. The first-order valence-electron chi connectivity index (χ1n) is 5.58. The van der Waals surface area contributed by atoms with Crippen molar-refractivity contribution in [2.24, 2.45) is 0 Å². The standard InChI is InChI=1S/C12H18N2O2/c1-12(15)4-7-14(8-5-12)10-3-6-13-11(9-10)16-2/h3,6,9,15H,4-5,7-8H2,1-2H3. The summed E-state index contributed by atoms with van der Waals surface area (Å²) in [6.07, 6.45) is 3.36. The van der Waals surface area contributed by atoms with Gasteiger partial charge in [0.15, 0.2) is 0 Å². The summed E-state index contributed by atoms with van der Waals surface area (Å²) in [5.74, 6) is 0.634. The van der Waals surface area contributed by atoms with Crippen LogP contribution in [0.1, 0.15) is 19.8 Å². The van der Waals surface area contributed by atoms with Gasteiger partial charge in [-0.2, -0.15) is 0 Å². The van der Waals surface area contributed by atoms with Crippen molar-refractivity contribution in [1.29, 1.82) is 0 Å². The van der Waals surface area contributed by atoms with Crippen molar-refractivity contribution in [3.05, 3.63) is 18.3 Å². The van der Waals surface area contributed by atoms with Crippen LogP contribution < -0.4 is 9.64 Å². The minimum absolute atomic E-state index is 0.506. The topological polar surface area (TPSA) is 45.6 Å². The molecule has 1 N–H and O–H groups in total. The fourth-order valence-corrected chi connectivity index (χ4v) is 1.95. The van der Waals surface area contributed by atoms with E-state index in [0.29, 0.717) is 5.88 Å². The normalized spacial score (nSPS) is 19.6. The SMILES string of the molecule is COc1cc(N2CCC(C)(O)CC2)ccn1. The number of hydrogen-bond acceptors (Lipinski definition) is 4. The van der Waals surface area contributed by atoms with Crippen LogP contribution in [0.2, 0.25) is 0 Å². The van der Waals surface area contributed by atoms with Crippen molar-refractivity contribution in [2.75, 3.05) is 25.1 Å². The monoisotopic (exact) mass is 222 g/mol. The second-order valence-electron chi connectivity index (χ2n) is 4.54. The highest BCUT2D eigenvalue weighted by atomic mass is 16.5. The highest BCUT2D eigenvalue weighted by Crippen LogP contribution is 2.26. The van der Waals surface area contributed by atoms with Gasteiger partial charge in [-0.15, -0.1) is 0 Å². The van der Waals surface area contributed by atoms with Crippen molar-refractivity contribution >= 4 is 5.69 Å². The molecule has 4 heteroatoms. The van der Waals surface area contributed by atoms with Gasteiger partial charge in [0.2, 0.25) is 5.88 Å². The van der Waals surface area contributed by atoms with Crippen LogP contribution in [0.5, 0.6) is 5.88 Å². The van der Waals surface area contributed by atoms with Crippen LogP contribution in [0, 0.1) is 0 Å². The zero-order valence-electron chi connectivity index (χ0n) is 9.81. The van der Waals surface area contributed by atoms with Crippen molar-refractivity contribution in [1.82, 2.24) is 4.98 Å². The molecule has 0 atom stereocenters. The number of nitrogens with zero attached hydrogens (tertiary/aromatic N) is 2. The van der Waals surface area contributed by atoms with Gasteiger partial charge in [0, 0.05) is 31.0 Å². The molecule has 0 saturated carbocycles. The molecule has 0 radical (unpaired) electrons. The van der Waals surface area contributed by atoms with Crippen LogP contribution in [0.25, 0.3) is 0 Å². The third-order valence-electron chi connectivity index (χ3n) is 3.13. The summed E-state index contributed by atoms with van der Waals surface area (Å²) in [7, 11) is 1.62. The lowest BCUT2D eigenvalue weighted by atomic mass is 9.93. The molecule has 0 spiro atoms. The molecular weight excluding hydrogens is 204 g/mol. The molecule has 1 aliphatic heterocycles. The quantitative estimate of drug-likeness (QED) is 0.822. The van der Waals surface area contributed by atoms with E-state index in [0.717, 1.165) is 31.6 Å². The van der Waals surface area contributed by atoms with Crippen molar-refractivity contribution in [3.8, 4) is 5.88 Å². The summed E-state index contributed by atoms with van der Waals surface area (Å²) in [5.41, 5.74) is 0.607.